The molecular weight excluding hydrogens is 482 g/mol. The zero-order valence-electron chi connectivity index (χ0n) is 22.2. The molecule has 8 heteroatoms. The molecule has 3 N–H and O–H groups in total. The second kappa shape index (κ2) is 14.2. The predicted octanol–water partition coefficient (Wildman–Crippen LogP) is 4.83. The molecule has 0 unspecified atom stereocenters. The highest BCUT2D eigenvalue weighted by Gasteiger charge is 2.27. The van der Waals surface area contributed by atoms with Gasteiger partial charge in [0.05, 0.1) is 12.1 Å². The summed E-state index contributed by atoms with van der Waals surface area (Å²) in [6.45, 7) is 5.82. The summed E-state index contributed by atoms with van der Waals surface area (Å²) < 4.78 is 10.8. The Morgan fingerprint density at radius 2 is 1.34 bits per heavy atom. The first kappa shape index (κ1) is 28.7. The van der Waals surface area contributed by atoms with E-state index >= 15 is 0 Å². The molecule has 0 aromatic heterocycles. The molecular formula is C30H37N3O5. The van der Waals surface area contributed by atoms with Crippen molar-refractivity contribution in [1.29, 1.82) is 0 Å². The lowest BCUT2D eigenvalue weighted by Gasteiger charge is -2.31. The highest BCUT2D eigenvalue weighted by molar-refractivity contribution is 5.68. The Hall–Kier alpha value is -3.88. The largest absolute Gasteiger partial charge is 0.445 e. The first-order valence-corrected chi connectivity index (χ1v) is 12.7. The van der Waals surface area contributed by atoms with Gasteiger partial charge in [-0.2, -0.15) is 0 Å². The number of aliphatic hydroxyl groups is 1. The number of benzene rings is 3. The van der Waals surface area contributed by atoms with Gasteiger partial charge >= 0.3 is 12.2 Å². The van der Waals surface area contributed by atoms with E-state index in [1.54, 1.807) is 25.8 Å². The van der Waals surface area contributed by atoms with E-state index in [0.29, 0.717) is 13.0 Å². The molecule has 0 bridgehead atoms. The Bertz CT molecular complexity index is 1120. The Balaban J connectivity index is 1.72. The summed E-state index contributed by atoms with van der Waals surface area (Å²) >= 11 is 0. The molecule has 0 radical (unpaired) electrons. The number of carbonyl (C=O) groups is 2. The minimum Gasteiger partial charge on any atom is -0.445 e. The third-order valence-corrected chi connectivity index (χ3v) is 5.55. The number of rotatable bonds is 11. The average molecular weight is 520 g/mol. The van der Waals surface area contributed by atoms with Crippen molar-refractivity contribution in [1.82, 2.24) is 15.8 Å². The minimum absolute atomic E-state index is 0.0323. The van der Waals surface area contributed by atoms with E-state index in [0.717, 1.165) is 16.7 Å². The van der Waals surface area contributed by atoms with Gasteiger partial charge in [0.1, 0.15) is 12.2 Å². The van der Waals surface area contributed by atoms with Crippen LogP contribution in [0.15, 0.2) is 91.0 Å². The van der Waals surface area contributed by atoms with Crippen LogP contribution in [0, 0.1) is 0 Å². The van der Waals surface area contributed by atoms with Crippen molar-refractivity contribution in [3.63, 3.8) is 0 Å². The van der Waals surface area contributed by atoms with Crippen LogP contribution in [0.5, 0.6) is 0 Å². The van der Waals surface area contributed by atoms with Gasteiger partial charge in [0.2, 0.25) is 0 Å². The second-order valence-corrected chi connectivity index (χ2v) is 10.0. The van der Waals surface area contributed by atoms with Gasteiger partial charge in [-0.25, -0.2) is 14.6 Å². The van der Waals surface area contributed by atoms with Crippen molar-refractivity contribution in [3.8, 4) is 0 Å². The average Bonchev–Trinajstić information content (AvgIpc) is 2.87. The van der Waals surface area contributed by atoms with Gasteiger partial charge in [0, 0.05) is 13.1 Å². The molecule has 0 saturated carbocycles. The van der Waals surface area contributed by atoms with E-state index < -0.39 is 29.9 Å². The Morgan fingerprint density at radius 3 is 1.89 bits per heavy atom. The predicted molar refractivity (Wildman–Crippen MR) is 146 cm³/mol. The summed E-state index contributed by atoms with van der Waals surface area (Å²) in [6.07, 6.45) is -1.94. The van der Waals surface area contributed by atoms with Crippen molar-refractivity contribution in [2.24, 2.45) is 0 Å². The summed E-state index contributed by atoms with van der Waals surface area (Å²) in [4.78, 5) is 25.2. The first-order chi connectivity index (χ1) is 18.2. The van der Waals surface area contributed by atoms with Crippen LogP contribution in [0.25, 0.3) is 0 Å². The van der Waals surface area contributed by atoms with Crippen molar-refractivity contribution in [3.05, 3.63) is 108 Å². The van der Waals surface area contributed by atoms with E-state index in [-0.39, 0.29) is 13.2 Å². The van der Waals surface area contributed by atoms with Gasteiger partial charge in [-0.1, -0.05) is 91.0 Å². The van der Waals surface area contributed by atoms with Crippen molar-refractivity contribution >= 4 is 12.2 Å². The maximum atomic E-state index is 12.7. The zero-order valence-corrected chi connectivity index (χ0v) is 22.2. The van der Waals surface area contributed by atoms with Crippen LogP contribution in [-0.4, -0.2) is 46.6 Å². The van der Waals surface area contributed by atoms with E-state index in [9.17, 15) is 14.7 Å². The fourth-order valence-electron chi connectivity index (χ4n) is 3.80. The summed E-state index contributed by atoms with van der Waals surface area (Å²) in [5.74, 6) is 0. The molecule has 0 fully saturated rings. The fraction of sp³-hybridized carbons (Fsp3) is 0.333. The molecule has 2 atom stereocenters. The van der Waals surface area contributed by atoms with Crippen molar-refractivity contribution in [2.45, 2.75) is 58.1 Å². The van der Waals surface area contributed by atoms with Gasteiger partial charge in [-0.05, 0) is 43.9 Å². The number of ether oxygens (including phenoxy) is 2. The van der Waals surface area contributed by atoms with Crippen LogP contribution in [0.4, 0.5) is 9.59 Å². The van der Waals surface area contributed by atoms with Gasteiger partial charge < -0.3 is 19.9 Å². The van der Waals surface area contributed by atoms with E-state index in [4.69, 9.17) is 9.47 Å². The number of hydrogen-bond donors (Lipinski definition) is 3. The van der Waals surface area contributed by atoms with Gasteiger partial charge in [0.25, 0.3) is 0 Å². The van der Waals surface area contributed by atoms with Gasteiger partial charge in [-0.15, -0.1) is 0 Å². The summed E-state index contributed by atoms with van der Waals surface area (Å²) in [6, 6.07) is 27.8. The lowest BCUT2D eigenvalue weighted by molar-refractivity contribution is 0.0141. The number of hydrazine groups is 1. The topological polar surface area (TPSA) is 100 Å². The number of aliphatic hydroxyl groups excluding tert-OH is 1. The second-order valence-electron chi connectivity index (χ2n) is 10.0. The molecule has 2 amide bonds. The van der Waals surface area contributed by atoms with Crippen molar-refractivity contribution in [2.75, 3.05) is 6.54 Å². The number of amides is 2. The number of nitrogens with one attached hydrogen (secondary N) is 2. The van der Waals surface area contributed by atoms with Crippen LogP contribution < -0.4 is 10.7 Å². The summed E-state index contributed by atoms with van der Waals surface area (Å²) in [5, 5.41) is 15.7. The molecule has 0 aliphatic carbocycles. The lowest BCUT2D eigenvalue weighted by Crippen LogP contribution is -2.53. The van der Waals surface area contributed by atoms with Crippen LogP contribution in [-0.2, 0) is 29.0 Å². The molecule has 38 heavy (non-hydrogen) atoms. The standard InChI is InChI=1S/C30H37N3O5/c1-30(2,3)38-29(36)32-33(20-24-15-9-5-10-16-24)21-27(34)26(19-23-13-7-4-8-14-23)31-28(35)37-22-25-17-11-6-12-18-25/h4-18,26-27,34H,19-22H2,1-3H3,(H,31,35)(H,32,36)/t26-,27-/m1/s1. The first-order valence-electron chi connectivity index (χ1n) is 12.7. The fourth-order valence-corrected chi connectivity index (χ4v) is 3.80. The van der Waals surface area contributed by atoms with Crippen molar-refractivity contribution < 1.29 is 24.2 Å². The van der Waals surface area contributed by atoms with Gasteiger partial charge in [0.15, 0.2) is 0 Å². The van der Waals surface area contributed by atoms with E-state index in [2.05, 4.69) is 10.7 Å². The van der Waals surface area contributed by atoms with Gasteiger partial charge in [-0.3, -0.25) is 5.43 Å². The highest BCUT2D eigenvalue weighted by atomic mass is 16.6. The number of nitrogens with zero attached hydrogens (tertiary/aromatic N) is 1. The molecule has 3 rings (SSSR count). The minimum atomic E-state index is -1.04. The number of carbonyl (C=O) groups excluding carboxylic acids is 2. The smallest absolute Gasteiger partial charge is 0.422 e. The molecule has 8 nitrogen and oxygen atoms in total. The SMILES string of the molecule is CC(C)(C)OC(=O)NN(Cc1ccccc1)C[C@@H](O)[C@@H](Cc1ccccc1)NC(=O)OCc1ccccc1. The highest BCUT2D eigenvalue weighted by Crippen LogP contribution is 2.12. The van der Waals surface area contributed by atoms with Crippen LogP contribution in [0.2, 0.25) is 0 Å². The third kappa shape index (κ3) is 10.6. The maximum absolute atomic E-state index is 12.7. The Morgan fingerprint density at radius 1 is 0.816 bits per heavy atom. The number of hydrogen-bond acceptors (Lipinski definition) is 6. The molecule has 3 aromatic carbocycles. The van der Waals surface area contributed by atoms with E-state index in [1.165, 1.54) is 0 Å². The van der Waals surface area contributed by atoms with Crippen LogP contribution in [0.3, 0.4) is 0 Å². The normalized spacial score (nSPS) is 12.9. The van der Waals surface area contributed by atoms with E-state index in [1.807, 2.05) is 91.0 Å². The summed E-state index contributed by atoms with van der Waals surface area (Å²) in [7, 11) is 0. The van der Waals surface area contributed by atoms with Crippen LogP contribution >= 0.6 is 0 Å². The zero-order chi connectivity index (χ0) is 27.4. The lowest BCUT2D eigenvalue weighted by atomic mass is 10.0. The maximum Gasteiger partial charge on any atom is 0.422 e. The Kier molecular flexibility index (Phi) is 10.7. The third-order valence-electron chi connectivity index (χ3n) is 5.55. The molecule has 0 aliphatic heterocycles. The molecule has 0 spiro atoms. The molecule has 0 aliphatic rings. The number of alkyl carbamates (subject to hydrolysis) is 1. The molecule has 0 saturated heterocycles. The molecule has 0 heterocycles. The molecule has 202 valence electrons. The van der Waals surface area contributed by atoms with Crippen LogP contribution in [0.1, 0.15) is 37.5 Å². The summed E-state index contributed by atoms with van der Waals surface area (Å²) in [5.41, 5.74) is 4.80. The quantitative estimate of drug-likeness (QED) is 0.314. The monoisotopic (exact) mass is 519 g/mol. The molecule has 3 aromatic rings. The Labute approximate surface area is 224 Å².